The lowest BCUT2D eigenvalue weighted by molar-refractivity contribution is -0.114. The van der Waals surface area contributed by atoms with Crippen LogP contribution in [0.2, 0.25) is 6.82 Å². The van der Waals surface area contributed by atoms with Crippen molar-refractivity contribution in [2.75, 3.05) is 47.2 Å². The van der Waals surface area contributed by atoms with Gasteiger partial charge in [0.25, 0.3) is 0 Å². The second-order valence-electron chi connectivity index (χ2n) is 7.55. The Morgan fingerprint density at radius 2 is 1.75 bits per heavy atom. The Labute approximate surface area is 188 Å². The van der Waals surface area contributed by atoms with E-state index < -0.39 is 0 Å². The number of para-hydroxylation sites is 2. The van der Waals surface area contributed by atoms with E-state index in [1.165, 1.54) is 6.92 Å². The van der Waals surface area contributed by atoms with Crippen molar-refractivity contribution in [2.45, 2.75) is 13.7 Å². The molecule has 1 aliphatic rings. The van der Waals surface area contributed by atoms with Gasteiger partial charge in [0, 0.05) is 37.6 Å². The maximum Gasteiger partial charge on any atom is 0.229 e. The van der Waals surface area contributed by atoms with E-state index in [-0.39, 0.29) is 5.91 Å². The van der Waals surface area contributed by atoms with Gasteiger partial charge in [-0.05, 0) is 41.9 Å². The third kappa shape index (κ3) is 5.36. The Kier molecular flexibility index (Phi) is 6.86. The highest BCUT2D eigenvalue weighted by molar-refractivity contribution is 6.53. The van der Waals surface area contributed by atoms with E-state index in [0.29, 0.717) is 5.95 Å². The molecule has 3 aromatic rings. The molecule has 9 heteroatoms. The molecule has 3 N–H and O–H groups in total. The Morgan fingerprint density at radius 1 is 1.03 bits per heavy atom. The smallest absolute Gasteiger partial charge is 0.229 e. The molecule has 1 aliphatic heterocycles. The van der Waals surface area contributed by atoms with Gasteiger partial charge in [-0.25, -0.2) is 4.98 Å². The molecule has 0 spiro atoms. The monoisotopic (exact) mass is 430 g/mol. The summed E-state index contributed by atoms with van der Waals surface area (Å²) >= 11 is 0. The number of nitrogens with zero attached hydrogens (tertiary/aromatic N) is 3. The van der Waals surface area contributed by atoms with Gasteiger partial charge < -0.3 is 25.6 Å². The molecular weight excluding hydrogens is 403 g/mol. The molecule has 0 atom stereocenters. The van der Waals surface area contributed by atoms with Gasteiger partial charge in [0.05, 0.1) is 24.6 Å². The van der Waals surface area contributed by atoms with Crippen LogP contribution in [0.5, 0.6) is 0 Å². The molecule has 0 radical (unpaired) electrons. The van der Waals surface area contributed by atoms with Crippen LogP contribution in [0.4, 0.5) is 34.5 Å². The Bertz CT molecular complexity index is 1070. The molecule has 1 saturated heterocycles. The van der Waals surface area contributed by atoms with E-state index in [1.807, 2.05) is 42.6 Å². The molecule has 4 rings (SSSR count). The summed E-state index contributed by atoms with van der Waals surface area (Å²) in [7, 11) is 0.813. The van der Waals surface area contributed by atoms with Gasteiger partial charge >= 0.3 is 0 Å². The zero-order valence-electron chi connectivity index (χ0n) is 18.4. The number of carbonyl (C=O) groups is 1. The lowest BCUT2D eigenvalue weighted by atomic mass is 9.74. The van der Waals surface area contributed by atoms with E-state index in [2.05, 4.69) is 44.8 Å². The highest BCUT2D eigenvalue weighted by Gasteiger charge is 2.16. The van der Waals surface area contributed by atoms with E-state index >= 15 is 0 Å². The number of hydrogen-bond acceptors (Lipinski definition) is 7. The number of carbonyl (C=O) groups excluding carboxylic acids is 1. The zero-order valence-corrected chi connectivity index (χ0v) is 18.4. The fourth-order valence-corrected chi connectivity index (χ4v) is 3.59. The molecule has 0 unspecified atom stereocenters. The van der Waals surface area contributed by atoms with Gasteiger partial charge in [-0.1, -0.05) is 19.0 Å². The zero-order chi connectivity index (χ0) is 22.3. The minimum atomic E-state index is -0.0997. The van der Waals surface area contributed by atoms with E-state index in [1.54, 1.807) is 0 Å². The van der Waals surface area contributed by atoms with Crippen LogP contribution in [0.1, 0.15) is 6.92 Å². The van der Waals surface area contributed by atoms with Crippen LogP contribution in [-0.4, -0.2) is 49.5 Å². The molecule has 1 amide bonds. The summed E-state index contributed by atoms with van der Waals surface area (Å²) in [5, 5.41) is 9.52. The quantitative estimate of drug-likeness (QED) is 0.497. The molecule has 2 heterocycles. The van der Waals surface area contributed by atoms with Crippen LogP contribution in [0.25, 0.3) is 0 Å². The summed E-state index contributed by atoms with van der Waals surface area (Å²) in [6.07, 6.45) is 1.85. The van der Waals surface area contributed by atoms with Gasteiger partial charge in [-0.15, -0.1) is 0 Å². The summed E-state index contributed by atoms with van der Waals surface area (Å²) in [6, 6.07) is 15.7. The van der Waals surface area contributed by atoms with Gasteiger partial charge in [-0.2, -0.15) is 4.98 Å². The molecule has 164 valence electrons. The molecule has 0 saturated carbocycles. The van der Waals surface area contributed by atoms with Gasteiger partial charge in [0.2, 0.25) is 11.9 Å². The average Bonchev–Trinajstić information content (AvgIpc) is 2.81. The van der Waals surface area contributed by atoms with Crippen molar-refractivity contribution in [3.8, 4) is 0 Å². The fourth-order valence-electron chi connectivity index (χ4n) is 3.59. The summed E-state index contributed by atoms with van der Waals surface area (Å²) in [4.78, 5) is 22.7. The predicted molar refractivity (Wildman–Crippen MR) is 131 cm³/mol. The van der Waals surface area contributed by atoms with E-state index in [4.69, 9.17) is 9.72 Å². The van der Waals surface area contributed by atoms with Crippen LogP contribution in [0, 0.1) is 0 Å². The van der Waals surface area contributed by atoms with Gasteiger partial charge in [0.15, 0.2) is 7.28 Å². The second-order valence-corrected chi connectivity index (χ2v) is 7.55. The number of rotatable bonds is 7. The maximum absolute atomic E-state index is 11.2. The third-order valence-corrected chi connectivity index (χ3v) is 5.22. The SMILES string of the molecule is CBc1cnc(Nc2ccc(NC(C)=O)cc2)nc1Nc1ccccc1N1CCOCC1. The first-order valence-electron chi connectivity index (χ1n) is 10.8. The lowest BCUT2D eigenvalue weighted by Crippen LogP contribution is -2.36. The molecule has 1 aromatic heterocycles. The Balaban J connectivity index is 1.55. The van der Waals surface area contributed by atoms with Crippen LogP contribution in [0.3, 0.4) is 0 Å². The number of ether oxygens (including phenoxy) is 1. The normalized spacial score (nSPS) is 13.4. The van der Waals surface area contributed by atoms with Gasteiger partial charge in [0.1, 0.15) is 5.82 Å². The lowest BCUT2D eigenvalue weighted by Gasteiger charge is -2.30. The number of nitrogens with one attached hydrogen (secondary N) is 3. The minimum Gasteiger partial charge on any atom is -0.378 e. The summed E-state index contributed by atoms with van der Waals surface area (Å²) in [5.74, 6) is 1.18. The van der Waals surface area contributed by atoms with Crippen molar-refractivity contribution in [1.82, 2.24) is 9.97 Å². The van der Waals surface area contributed by atoms with Gasteiger partial charge in [-0.3, -0.25) is 4.79 Å². The third-order valence-electron chi connectivity index (χ3n) is 5.22. The largest absolute Gasteiger partial charge is 0.378 e. The summed E-state index contributed by atoms with van der Waals surface area (Å²) in [6.45, 7) is 6.77. The molecule has 0 bridgehead atoms. The Morgan fingerprint density at radius 3 is 2.47 bits per heavy atom. The summed E-state index contributed by atoms with van der Waals surface area (Å²) in [5.41, 5.74) is 4.76. The highest BCUT2D eigenvalue weighted by Crippen LogP contribution is 2.28. The van der Waals surface area contributed by atoms with Crippen molar-refractivity contribution in [1.29, 1.82) is 0 Å². The highest BCUT2D eigenvalue weighted by atomic mass is 16.5. The fraction of sp³-hybridized carbons (Fsp3) is 0.261. The van der Waals surface area contributed by atoms with Crippen molar-refractivity contribution in [2.24, 2.45) is 0 Å². The average molecular weight is 430 g/mol. The van der Waals surface area contributed by atoms with E-state index in [0.717, 1.165) is 67.6 Å². The molecular formula is C23H27BN6O2. The number of amides is 1. The number of anilines is 6. The molecule has 1 fully saturated rings. The molecule has 32 heavy (non-hydrogen) atoms. The first-order chi connectivity index (χ1) is 15.6. The van der Waals surface area contributed by atoms with Crippen LogP contribution in [0.15, 0.2) is 54.7 Å². The van der Waals surface area contributed by atoms with Crippen LogP contribution >= 0.6 is 0 Å². The first kappa shape index (κ1) is 21.6. The van der Waals surface area contributed by atoms with E-state index in [9.17, 15) is 4.79 Å². The van der Waals surface area contributed by atoms with Crippen LogP contribution in [-0.2, 0) is 9.53 Å². The molecule has 2 aromatic carbocycles. The molecule has 8 nitrogen and oxygen atoms in total. The predicted octanol–water partition coefficient (Wildman–Crippen LogP) is 2.87. The first-order valence-corrected chi connectivity index (χ1v) is 10.8. The summed E-state index contributed by atoms with van der Waals surface area (Å²) < 4.78 is 5.50. The van der Waals surface area contributed by atoms with Crippen molar-refractivity contribution >= 4 is 53.2 Å². The maximum atomic E-state index is 11.2. The minimum absolute atomic E-state index is 0.0997. The van der Waals surface area contributed by atoms with Crippen molar-refractivity contribution in [3.63, 3.8) is 0 Å². The standard InChI is InChI=1S/C23H27BN6O2/c1-16(31)26-17-7-9-18(10-8-17)27-23-25-15-19(24-2)22(29-23)28-20-5-3-4-6-21(20)30-11-13-32-14-12-30/h3-10,15,24H,11-14H2,1-2H3,(H,26,31)(H2,25,27,28,29). The van der Waals surface area contributed by atoms with Crippen molar-refractivity contribution in [3.05, 3.63) is 54.7 Å². The second kappa shape index (κ2) is 10.1. The van der Waals surface area contributed by atoms with Crippen LogP contribution < -0.4 is 26.3 Å². The number of aromatic nitrogens is 2. The number of hydrogen-bond donors (Lipinski definition) is 3. The molecule has 0 aliphatic carbocycles. The topological polar surface area (TPSA) is 91.4 Å². The van der Waals surface area contributed by atoms with Crippen molar-refractivity contribution < 1.29 is 9.53 Å². The number of morpholine rings is 1. The number of benzene rings is 2. The Hall–Kier alpha value is -3.59.